The Balaban J connectivity index is 1.82. The van der Waals surface area contributed by atoms with Crippen LogP contribution >= 0.6 is 0 Å². The zero-order valence-corrected chi connectivity index (χ0v) is 13.0. The van der Waals surface area contributed by atoms with Gasteiger partial charge in [-0.3, -0.25) is 4.79 Å². The van der Waals surface area contributed by atoms with E-state index in [1.54, 1.807) is 17.7 Å². The summed E-state index contributed by atoms with van der Waals surface area (Å²) in [6.45, 7) is 4.93. The number of hydrogen-bond acceptors (Lipinski definition) is 5. The minimum Gasteiger partial charge on any atom is -0.379 e. The molecule has 0 spiro atoms. The van der Waals surface area contributed by atoms with Crippen molar-refractivity contribution in [2.45, 2.75) is 32.4 Å². The third-order valence-corrected chi connectivity index (χ3v) is 3.88. The van der Waals surface area contributed by atoms with Crippen LogP contribution in [0.4, 0.5) is 0 Å². The van der Waals surface area contributed by atoms with E-state index in [4.69, 9.17) is 9.47 Å². The monoisotopic (exact) mass is 304 g/mol. The lowest BCUT2D eigenvalue weighted by Gasteiger charge is -2.30. The van der Waals surface area contributed by atoms with Gasteiger partial charge < -0.3 is 14.8 Å². The molecule has 0 radical (unpaired) electrons. The Kier molecular flexibility index (Phi) is 4.08. The number of nitrogens with one attached hydrogen (secondary N) is 1. The summed E-state index contributed by atoms with van der Waals surface area (Å²) in [5, 5.41) is 7.34. The van der Waals surface area contributed by atoms with Crippen molar-refractivity contribution >= 4 is 11.6 Å². The average molecular weight is 304 g/mol. The van der Waals surface area contributed by atoms with Crippen LogP contribution in [0.15, 0.2) is 12.1 Å². The van der Waals surface area contributed by atoms with Gasteiger partial charge in [0.1, 0.15) is 11.8 Å². The lowest BCUT2D eigenvalue weighted by molar-refractivity contribution is -0.0479. The van der Waals surface area contributed by atoms with Crippen LogP contribution in [0, 0.1) is 13.8 Å². The molecule has 1 aliphatic rings. The van der Waals surface area contributed by atoms with Crippen LogP contribution in [-0.2, 0) is 9.47 Å². The van der Waals surface area contributed by atoms with E-state index in [1.165, 1.54) is 0 Å². The van der Waals surface area contributed by atoms with Crippen LogP contribution in [0.2, 0.25) is 0 Å². The first-order valence-electron chi connectivity index (χ1n) is 7.34. The second-order valence-corrected chi connectivity index (χ2v) is 5.56. The van der Waals surface area contributed by atoms with Crippen LogP contribution < -0.4 is 5.32 Å². The lowest BCUT2D eigenvalue weighted by atomic mass is 10.1. The van der Waals surface area contributed by atoms with Crippen molar-refractivity contribution in [1.82, 2.24) is 19.9 Å². The van der Waals surface area contributed by atoms with Crippen molar-refractivity contribution < 1.29 is 14.3 Å². The highest BCUT2D eigenvalue weighted by Gasteiger charge is 2.27. The van der Waals surface area contributed by atoms with Crippen molar-refractivity contribution in [3.63, 3.8) is 0 Å². The normalized spacial score (nSPS) is 22.0. The number of nitrogens with zero attached hydrogens (tertiary/aromatic N) is 3. The minimum atomic E-state index is -0.196. The molecule has 0 saturated carbocycles. The van der Waals surface area contributed by atoms with Crippen molar-refractivity contribution in [3.05, 3.63) is 29.2 Å². The molecular formula is C15H20N4O3. The van der Waals surface area contributed by atoms with Crippen LogP contribution in [-0.4, -0.2) is 53.0 Å². The molecule has 2 atom stereocenters. The highest BCUT2D eigenvalue weighted by molar-refractivity contribution is 5.93. The fraction of sp³-hybridized carbons (Fsp3) is 0.533. The average Bonchev–Trinajstić information content (AvgIpc) is 2.88. The van der Waals surface area contributed by atoms with Gasteiger partial charge in [0.2, 0.25) is 0 Å². The van der Waals surface area contributed by atoms with Gasteiger partial charge in [0, 0.05) is 25.5 Å². The van der Waals surface area contributed by atoms with Gasteiger partial charge in [-0.2, -0.15) is 5.10 Å². The summed E-state index contributed by atoms with van der Waals surface area (Å²) in [7, 11) is 1.63. The first-order chi connectivity index (χ1) is 10.6. The fourth-order valence-electron chi connectivity index (χ4n) is 2.71. The molecule has 3 heterocycles. The molecular weight excluding hydrogens is 284 g/mol. The Morgan fingerprint density at radius 2 is 2.27 bits per heavy atom. The molecule has 0 aromatic carbocycles. The van der Waals surface area contributed by atoms with Gasteiger partial charge >= 0.3 is 0 Å². The molecule has 7 nitrogen and oxygen atoms in total. The Morgan fingerprint density at radius 3 is 3.05 bits per heavy atom. The van der Waals surface area contributed by atoms with Crippen LogP contribution in [0.25, 0.3) is 5.65 Å². The van der Waals surface area contributed by atoms with Crippen LogP contribution in [0.1, 0.15) is 28.3 Å². The van der Waals surface area contributed by atoms with E-state index in [2.05, 4.69) is 15.4 Å². The number of hydrogen-bond donors (Lipinski definition) is 1. The number of aryl methyl sites for hydroxylation is 2. The number of ether oxygens (including phenoxy) is 2. The zero-order valence-electron chi connectivity index (χ0n) is 13.0. The molecule has 0 unspecified atom stereocenters. The van der Waals surface area contributed by atoms with E-state index in [1.807, 2.05) is 19.9 Å². The number of rotatable bonds is 3. The second kappa shape index (κ2) is 6.02. The summed E-state index contributed by atoms with van der Waals surface area (Å²) in [6, 6.07) is 3.54. The van der Waals surface area contributed by atoms with Gasteiger partial charge in [-0.25, -0.2) is 9.50 Å². The molecule has 0 aliphatic carbocycles. The highest BCUT2D eigenvalue weighted by Crippen LogP contribution is 2.13. The summed E-state index contributed by atoms with van der Waals surface area (Å²) in [4.78, 5) is 16.9. The standard InChI is InChI=1S/C15H20N4O3/c1-9-6-14-16-12(7-10(2)19(14)18-9)15(20)17-11-4-5-22-8-13(11)21-3/h6-7,11,13H,4-5,8H2,1-3H3,(H,17,20)/t11-,13-/m1/s1. The van der Waals surface area contributed by atoms with Crippen molar-refractivity contribution in [2.75, 3.05) is 20.3 Å². The summed E-state index contributed by atoms with van der Waals surface area (Å²) < 4.78 is 12.5. The predicted octanol–water partition coefficient (Wildman–Crippen LogP) is 0.880. The van der Waals surface area contributed by atoms with Crippen LogP contribution in [0.5, 0.6) is 0 Å². The Labute approximate surface area is 128 Å². The topological polar surface area (TPSA) is 77.8 Å². The van der Waals surface area contributed by atoms with Gasteiger partial charge in [-0.05, 0) is 26.3 Å². The molecule has 2 aromatic rings. The maximum absolute atomic E-state index is 12.5. The molecule has 118 valence electrons. The quantitative estimate of drug-likeness (QED) is 0.911. The smallest absolute Gasteiger partial charge is 0.270 e. The lowest BCUT2D eigenvalue weighted by Crippen LogP contribution is -2.49. The van der Waals surface area contributed by atoms with E-state index in [9.17, 15) is 4.79 Å². The van der Waals surface area contributed by atoms with E-state index in [-0.39, 0.29) is 18.1 Å². The molecule has 1 amide bonds. The summed E-state index contributed by atoms with van der Waals surface area (Å²) in [5.74, 6) is -0.196. The molecule has 2 aromatic heterocycles. The van der Waals surface area contributed by atoms with Gasteiger partial charge in [0.05, 0.1) is 18.3 Å². The van der Waals surface area contributed by atoms with Gasteiger partial charge in [0.25, 0.3) is 5.91 Å². The van der Waals surface area contributed by atoms with E-state index < -0.39 is 0 Å². The Morgan fingerprint density at radius 1 is 1.45 bits per heavy atom. The SMILES string of the molecule is CO[C@@H]1COCC[C@H]1NC(=O)c1cc(C)n2nc(C)cc2n1. The predicted molar refractivity (Wildman–Crippen MR) is 79.9 cm³/mol. The summed E-state index contributed by atoms with van der Waals surface area (Å²) >= 11 is 0. The molecule has 0 bridgehead atoms. The number of methoxy groups -OCH3 is 1. The van der Waals surface area contributed by atoms with Crippen molar-refractivity contribution in [2.24, 2.45) is 0 Å². The van der Waals surface area contributed by atoms with E-state index >= 15 is 0 Å². The first kappa shape index (κ1) is 14.9. The number of carbonyl (C=O) groups excluding carboxylic acids is 1. The van der Waals surface area contributed by atoms with Crippen LogP contribution in [0.3, 0.4) is 0 Å². The minimum absolute atomic E-state index is 0.0590. The molecule has 1 fully saturated rings. The zero-order chi connectivity index (χ0) is 15.7. The molecule has 7 heteroatoms. The third-order valence-electron chi connectivity index (χ3n) is 3.88. The molecule has 1 N–H and O–H groups in total. The van der Waals surface area contributed by atoms with E-state index in [0.717, 1.165) is 17.8 Å². The number of aromatic nitrogens is 3. The summed E-state index contributed by atoms with van der Waals surface area (Å²) in [5.41, 5.74) is 2.82. The summed E-state index contributed by atoms with van der Waals surface area (Å²) in [6.07, 6.45) is 0.608. The van der Waals surface area contributed by atoms with Crippen molar-refractivity contribution in [1.29, 1.82) is 0 Å². The van der Waals surface area contributed by atoms with E-state index in [0.29, 0.717) is 24.6 Å². The largest absolute Gasteiger partial charge is 0.379 e. The first-order valence-corrected chi connectivity index (χ1v) is 7.34. The molecule has 1 aliphatic heterocycles. The number of fused-ring (bicyclic) bond motifs is 1. The van der Waals surface area contributed by atoms with Crippen molar-refractivity contribution in [3.8, 4) is 0 Å². The molecule has 3 rings (SSSR count). The highest BCUT2D eigenvalue weighted by atomic mass is 16.5. The Hall–Kier alpha value is -1.99. The number of amides is 1. The van der Waals surface area contributed by atoms with Gasteiger partial charge in [0.15, 0.2) is 5.65 Å². The number of carbonyl (C=O) groups is 1. The third kappa shape index (κ3) is 2.82. The maximum Gasteiger partial charge on any atom is 0.270 e. The maximum atomic E-state index is 12.5. The molecule has 22 heavy (non-hydrogen) atoms. The molecule has 1 saturated heterocycles. The van der Waals surface area contributed by atoms with Gasteiger partial charge in [-0.1, -0.05) is 0 Å². The van der Waals surface area contributed by atoms with Gasteiger partial charge in [-0.15, -0.1) is 0 Å². The fourth-order valence-corrected chi connectivity index (χ4v) is 2.71. The second-order valence-electron chi connectivity index (χ2n) is 5.56. The Bertz CT molecular complexity index is 697.